The summed E-state index contributed by atoms with van der Waals surface area (Å²) in [6, 6.07) is 8.14. The lowest BCUT2D eigenvalue weighted by Crippen LogP contribution is -1.89. The molecule has 17 heavy (non-hydrogen) atoms. The number of aromatic nitrogens is 1. The van der Waals surface area contributed by atoms with Crippen LogP contribution in [0, 0.1) is 5.82 Å². The Balaban J connectivity index is 2.16. The molecule has 0 aliphatic heterocycles. The van der Waals surface area contributed by atoms with Gasteiger partial charge < -0.3 is 4.74 Å². The molecule has 0 aliphatic carbocycles. The Kier molecular flexibility index (Phi) is 4.12. The fraction of sp³-hybridized carbons (Fsp3) is 0.0833. The van der Waals surface area contributed by atoms with Crippen molar-refractivity contribution in [3.63, 3.8) is 0 Å². The predicted octanol–water partition coefficient (Wildman–Crippen LogP) is 4.67. The van der Waals surface area contributed by atoms with E-state index in [1.807, 2.05) is 6.07 Å². The molecule has 5 heteroatoms. The van der Waals surface area contributed by atoms with Crippen molar-refractivity contribution in [1.82, 2.24) is 4.98 Å². The molecule has 0 fully saturated rings. The van der Waals surface area contributed by atoms with Crippen molar-refractivity contribution in [2.75, 3.05) is 0 Å². The zero-order valence-corrected chi connectivity index (χ0v) is 11.8. The highest BCUT2D eigenvalue weighted by molar-refractivity contribution is 9.10. The summed E-state index contributed by atoms with van der Waals surface area (Å²) < 4.78 is 18.9. The molecular weight excluding hydrogens is 353 g/mol. The molecule has 2 nitrogen and oxygen atoms in total. The monoisotopic (exact) mass is 359 g/mol. The third-order valence-electron chi connectivity index (χ3n) is 2.07. The first-order chi connectivity index (χ1) is 8.19. The fourth-order valence-corrected chi connectivity index (χ4v) is 1.90. The minimum absolute atomic E-state index is 0.319. The minimum atomic E-state index is -0.319. The van der Waals surface area contributed by atoms with E-state index in [0.29, 0.717) is 16.1 Å². The molecule has 0 atom stereocenters. The Hall–Kier alpha value is -0.940. The molecule has 2 aromatic rings. The van der Waals surface area contributed by atoms with Crippen molar-refractivity contribution < 1.29 is 9.13 Å². The number of hydrogen-bond donors (Lipinski definition) is 0. The first-order valence-corrected chi connectivity index (χ1v) is 6.74. The molecule has 0 radical (unpaired) electrons. The van der Waals surface area contributed by atoms with Gasteiger partial charge in [-0.2, -0.15) is 0 Å². The second-order valence-electron chi connectivity index (χ2n) is 3.32. The summed E-state index contributed by atoms with van der Waals surface area (Å²) in [7, 11) is 0. The van der Waals surface area contributed by atoms with E-state index in [2.05, 4.69) is 36.8 Å². The van der Waals surface area contributed by atoms with Crippen molar-refractivity contribution >= 4 is 31.9 Å². The number of halogens is 3. The van der Waals surface area contributed by atoms with Crippen LogP contribution in [0.4, 0.5) is 4.39 Å². The van der Waals surface area contributed by atoms with Crippen LogP contribution < -0.4 is 4.74 Å². The topological polar surface area (TPSA) is 22.1 Å². The van der Waals surface area contributed by atoms with E-state index in [4.69, 9.17) is 4.74 Å². The van der Waals surface area contributed by atoms with E-state index in [1.54, 1.807) is 24.4 Å². The quantitative estimate of drug-likeness (QED) is 0.742. The second-order valence-corrected chi connectivity index (χ2v) is 4.73. The van der Waals surface area contributed by atoms with E-state index in [0.717, 1.165) is 10.9 Å². The molecule has 0 saturated heterocycles. The van der Waals surface area contributed by atoms with Crippen molar-refractivity contribution in [2.24, 2.45) is 0 Å². The minimum Gasteiger partial charge on any atom is -0.439 e. The molecule has 0 bridgehead atoms. The summed E-state index contributed by atoms with van der Waals surface area (Å²) in [5, 5.41) is 0.752. The summed E-state index contributed by atoms with van der Waals surface area (Å²) in [6.07, 6.45) is 1.72. The van der Waals surface area contributed by atoms with Gasteiger partial charge in [-0.1, -0.05) is 22.0 Å². The van der Waals surface area contributed by atoms with E-state index in [9.17, 15) is 4.39 Å². The van der Waals surface area contributed by atoms with Crippen LogP contribution in [0.3, 0.4) is 0 Å². The fourth-order valence-electron chi connectivity index (χ4n) is 1.21. The number of ether oxygens (including phenoxy) is 1. The van der Waals surface area contributed by atoms with Crippen LogP contribution in [-0.2, 0) is 5.33 Å². The Morgan fingerprint density at radius 3 is 2.65 bits per heavy atom. The van der Waals surface area contributed by atoms with Gasteiger partial charge in [0.05, 0.1) is 4.47 Å². The number of benzene rings is 1. The van der Waals surface area contributed by atoms with Crippen molar-refractivity contribution in [1.29, 1.82) is 0 Å². The number of alkyl halides is 1. The van der Waals surface area contributed by atoms with Crippen LogP contribution in [0.25, 0.3) is 0 Å². The average Bonchev–Trinajstić information content (AvgIpc) is 2.35. The van der Waals surface area contributed by atoms with Gasteiger partial charge in [0.1, 0.15) is 11.6 Å². The average molecular weight is 361 g/mol. The van der Waals surface area contributed by atoms with Crippen LogP contribution in [0.5, 0.6) is 11.6 Å². The Bertz CT molecular complexity index is 516. The first-order valence-electron chi connectivity index (χ1n) is 4.83. The maximum atomic E-state index is 13.0. The zero-order chi connectivity index (χ0) is 12.3. The van der Waals surface area contributed by atoms with Crippen LogP contribution >= 0.6 is 31.9 Å². The normalized spacial score (nSPS) is 10.3. The number of hydrogen-bond acceptors (Lipinski definition) is 2. The highest BCUT2D eigenvalue weighted by Gasteiger charge is 2.03. The van der Waals surface area contributed by atoms with Crippen LogP contribution in [0.1, 0.15) is 5.56 Å². The van der Waals surface area contributed by atoms with Gasteiger partial charge in [0.25, 0.3) is 0 Å². The van der Waals surface area contributed by atoms with Crippen molar-refractivity contribution in [2.45, 2.75) is 5.33 Å². The summed E-state index contributed by atoms with van der Waals surface area (Å²) in [4.78, 5) is 4.14. The third kappa shape index (κ3) is 3.26. The molecule has 88 valence electrons. The lowest BCUT2D eigenvalue weighted by atomic mass is 10.3. The van der Waals surface area contributed by atoms with Gasteiger partial charge in [-0.25, -0.2) is 9.37 Å². The predicted molar refractivity (Wildman–Crippen MR) is 71.0 cm³/mol. The van der Waals surface area contributed by atoms with Gasteiger partial charge in [-0.15, -0.1) is 0 Å². The molecule has 0 saturated carbocycles. The number of nitrogens with zero attached hydrogens (tertiary/aromatic N) is 1. The van der Waals surface area contributed by atoms with E-state index < -0.39 is 0 Å². The van der Waals surface area contributed by atoms with Crippen molar-refractivity contribution in [3.05, 3.63) is 52.4 Å². The van der Waals surface area contributed by atoms with Gasteiger partial charge in [0, 0.05) is 17.6 Å². The highest BCUT2D eigenvalue weighted by atomic mass is 79.9. The molecule has 0 amide bonds. The van der Waals surface area contributed by atoms with Gasteiger partial charge in [0.15, 0.2) is 0 Å². The lowest BCUT2D eigenvalue weighted by molar-refractivity contribution is 0.460. The summed E-state index contributed by atoms with van der Waals surface area (Å²) in [5.74, 6) is 0.700. The molecule has 2 rings (SSSR count). The Morgan fingerprint density at radius 1 is 1.24 bits per heavy atom. The SMILES string of the molecule is Fc1ccc(Oc2ccc(CBr)cn2)cc1Br. The summed E-state index contributed by atoms with van der Waals surface area (Å²) in [6.45, 7) is 0. The number of pyridine rings is 1. The summed E-state index contributed by atoms with van der Waals surface area (Å²) >= 11 is 6.44. The molecule has 1 aromatic carbocycles. The number of rotatable bonds is 3. The summed E-state index contributed by atoms with van der Waals surface area (Å²) in [5.41, 5.74) is 1.07. The second kappa shape index (κ2) is 5.60. The van der Waals surface area contributed by atoms with Crippen LogP contribution in [-0.4, -0.2) is 4.98 Å². The molecule has 0 unspecified atom stereocenters. The first kappa shape index (κ1) is 12.5. The van der Waals surface area contributed by atoms with E-state index in [1.165, 1.54) is 6.07 Å². The molecule has 0 N–H and O–H groups in total. The Labute approximate surface area is 115 Å². The molecular formula is C12H8Br2FNO. The van der Waals surface area contributed by atoms with Crippen LogP contribution in [0.15, 0.2) is 41.0 Å². The molecule has 1 aromatic heterocycles. The van der Waals surface area contributed by atoms with Gasteiger partial charge in [-0.3, -0.25) is 0 Å². The third-order valence-corrected chi connectivity index (χ3v) is 3.32. The van der Waals surface area contributed by atoms with Gasteiger partial charge in [0.2, 0.25) is 5.88 Å². The van der Waals surface area contributed by atoms with E-state index >= 15 is 0 Å². The highest BCUT2D eigenvalue weighted by Crippen LogP contribution is 2.25. The zero-order valence-electron chi connectivity index (χ0n) is 8.66. The van der Waals surface area contributed by atoms with Crippen molar-refractivity contribution in [3.8, 4) is 11.6 Å². The van der Waals surface area contributed by atoms with Gasteiger partial charge in [-0.05, 0) is 39.7 Å². The largest absolute Gasteiger partial charge is 0.439 e. The lowest BCUT2D eigenvalue weighted by Gasteiger charge is -2.05. The molecule has 1 heterocycles. The maximum Gasteiger partial charge on any atom is 0.219 e. The molecule has 0 aliphatic rings. The maximum absolute atomic E-state index is 13.0. The standard InChI is InChI=1S/C12H8Br2FNO/c13-6-8-1-4-12(16-7-8)17-9-2-3-11(15)10(14)5-9/h1-5,7H,6H2. The van der Waals surface area contributed by atoms with E-state index in [-0.39, 0.29) is 5.82 Å². The Morgan fingerprint density at radius 2 is 2.06 bits per heavy atom. The molecule has 0 spiro atoms. The van der Waals surface area contributed by atoms with Crippen LogP contribution in [0.2, 0.25) is 0 Å². The smallest absolute Gasteiger partial charge is 0.219 e. The van der Waals surface area contributed by atoms with Gasteiger partial charge >= 0.3 is 0 Å².